The highest BCUT2D eigenvalue weighted by Gasteiger charge is 2.22. The van der Waals surface area contributed by atoms with E-state index in [0.29, 0.717) is 11.8 Å². The van der Waals surface area contributed by atoms with Crippen molar-refractivity contribution in [2.75, 3.05) is 14.2 Å². The summed E-state index contributed by atoms with van der Waals surface area (Å²) in [5.41, 5.74) is 0. The van der Waals surface area contributed by atoms with E-state index < -0.39 is 6.10 Å². The molecule has 0 spiro atoms. The van der Waals surface area contributed by atoms with Gasteiger partial charge in [0, 0.05) is 0 Å². The van der Waals surface area contributed by atoms with Crippen molar-refractivity contribution in [2.45, 2.75) is 26.9 Å². The van der Waals surface area contributed by atoms with Crippen LogP contribution in [0.3, 0.4) is 0 Å². The Labute approximate surface area is 106 Å². The molecule has 0 fully saturated rings. The molecule has 0 N–H and O–H groups in total. The first-order chi connectivity index (χ1) is 8.47. The van der Waals surface area contributed by atoms with Crippen LogP contribution in [0.25, 0.3) is 0 Å². The van der Waals surface area contributed by atoms with Crippen LogP contribution in [-0.4, -0.2) is 36.1 Å². The van der Waals surface area contributed by atoms with Gasteiger partial charge >= 0.3 is 6.01 Å². The average molecular weight is 254 g/mol. The Balaban J connectivity index is 2.98. The molecule has 1 heterocycles. The van der Waals surface area contributed by atoms with E-state index in [2.05, 4.69) is 9.97 Å². The fraction of sp³-hybridized carbons (Fsp3) is 0.583. The summed E-state index contributed by atoms with van der Waals surface area (Å²) >= 11 is 0. The highest BCUT2D eigenvalue weighted by Crippen LogP contribution is 2.20. The lowest BCUT2D eigenvalue weighted by molar-refractivity contribution is -0.125. The highest BCUT2D eigenvalue weighted by molar-refractivity contribution is 5.80. The molecule has 18 heavy (non-hydrogen) atoms. The number of carbonyl (C=O) groups is 1. The third-order valence-electron chi connectivity index (χ3n) is 2.32. The molecule has 1 unspecified atom stereocenters. The Morgan fingerprint density at radius 3 is 2.00 bits per heavy atom. The average Bonchev–Trinajstić information content (AvgIpc) is 2.34. The smallest absolute Gasteiger partial charge is 0.323 e. The lowest BCUT2D eigenvalue weighted by Gasteiger charge is -2.18. The van der Waals surface area contributed by atoms with Crippen molar-refractivity contribution in [3.05, 3.63) is 6.07 Å². The monoisotopic (exact) mass is 254 g/mol. The molecular formula is C12H18N2O4. The fourth-order valence-corrected chi connectivity index (χ4v) is 1.45. The Morgan fingerprint density at radius 1 is 1.17 bits per heavy atom. The predicted octanol–water partition coefficient (Wildman–Crippen LogP) is 1.49. The normalized spacial score (nSPS) is 12.1. The van der Waals surface area contributed by atoms with Gasteiger partial charge in [-0.3, -0.25) is 4.79 Å². The van der Waals surface area contributed by atoms with Gasteiger partial charge in [-0.15, -0.1) is 0 Å². The molecule has 1 aromatic rings. The van der Waals surface area contributed by atoms with Gasteiger partial charge in [-0.05, 0) is 12.8 Å². The summed E-state index contributed by atoms with van der Waals surface area (Å²) in [7, 11) is 2.97. The third kappa shape index (κ3) is 3.58. The molecule has 1 aromatic heterocycles. The molecule has 0 saturated heterocycles. The first-order valence-corrected chi connectivity index (χ1v) is 5.62. The van der Waals surface area contributed by atoms with Gasteiger partial charge in [-0.2, -0.15) is 9.97 Å². The van der Waals surface area contributed by atoms with E-state index in [1.165, 1.54) is 27.2 Å². The number of carbonyl (C=O) groups excluding carboxylic acids is 1. The first kappa shape index (κ1) is 14.2. The first-order valence-electron chi connectivity index (χ1n) is 5.62. The maximum atomic E-state index is 11.5. The molecule has 0 bridgehead atoms. The molecule has 0 amide bonds. The lowest BCUT2D eigenvalue weighted by Crippen LogP contribution is -2.31. The minimum absolute atomic E-state index is 0.0308. The summed E-state index contributed by atoms with van der Waals surface area (Å²) < 4.78 is 15.5. The molecule has 0 saturated carbocycles. The number of Topliss-reactive ketones (excluding diaryl/α,β-unsaturated/α-hetero) is 1. The van der Waals surface area contributed by atoms with E-state index in [0.717, 1.165) is 0 Å². The summed E-state index contributed by atoms with van der Waals surface area (Å²) in [6, 6.07) is 1.60. The second kappa shape index (κ2) is 6.18. The van der Waals surface area contributed by atoms with Crippen molar-refractivity contribution in [1.82, 2.24) is 9.97 Å². The van der Waals surface area contributed by atoms with Crippen molar-refractivity contribution < 1.29 is 19.0 Å². The number of rotatable bonds is 6. The number of methoxy groups -OCH3 is 2. The lowest BCUT2D eigenvalue weighted by atomic mass is 10.0. The number of ether oxygens (including phenoxy) is 3. The minimum Gasteiger partial charge on any atom is -0.481 e. The molecule has 1 atom stereocenters. The van der Waals surface area contributed by atoms with E-state index in [1.54, 1.807) is 0 Å². The number of hydrogen-bond acceptors (Lipinski definition) is 6. The van der Waals surface area contributed by atoms with Gasteiger partial charge in [0.15, 0.2) is 11.9 Å². The van der Waals surface area contributed by atoms with Crippen molar-refractivity contribution in [3.63, 3.8) is 0 Å². The van der Waals surface area contributed by atoms with E-state index in [9.17, 15) is 4.79 Å². The SMILES string of the molecule is COc1cc(OC)nc(OC(C(C)=O)C(C)C)n1. The molecule has 100 valence electrons. The number of hydrogen-bond donors (Lipinski definition) is 0. The fourth-order valence-electron chi connectivity index (χ4n) is 1.45. The zero-order valence-corrected chi connectivity index (χ0v) is 11.3. The van der Waals surface area contributed by atoms with Gasteiger partial charge in [0.25, 0.3) is 0 Å². The van der Waals surface area contributed by atoms with E-state index >= 15 is 0 Å². The van der Waals surface area contributed by atoms with Crippen molar-refractivity contribution in [3.8, 4) is 17.8 Å². The van der Waals surface area contributed by atoms with Crippen LogP contribution in [0.1, 0.15) is 20.8 Å². The van der Waals surface area contributed by atoms with Crippen LogP contribution < -0.4 is 14.2 Å². The van der Waals surface area contributed by atoms with Crippen LogP contribution in [0.4, 0.5) is 0 Å². The molecule has 0 aromatic carbocycles. The maximum Gasteiger partial charge on any atom is 0.323 e. The zero-order chi connectivity index (χ0) is 13.7. The van der Waals surface area contributed by atoms with Crippen molar-refractivity contribution in [1.29, 1.82) is 0 Å². The number of aromatic nitrogens is 2. The molecule has 0 aliphatic rings. The van der Waals surface area contributed by atoms with Crippen molar-refractivity contribution in [2.24, 2.45) is 5.92 Å². The van der Waals surface area contributed by atoms with Gasteiger partial charge in [-0.25, -0.2) is 0 Å². The van der Waals surface area contributed by atoms with Crippen LogP contribution in [-0.2, 0) is 4.79 Å². The Hall–Kier alpha value is -1.85. The molecule has 0 radical (unpaired) electrons. The quantitative estimate of drug-likeness (QED) is 0.766. The minimum atomic E-state index is -0.582. The van der Waals surface area contributed by atoms with Crippen LogP contribution in [0.15, 0.2) is 6.07 Å². The molecule has 6 heteroatoms. The topological polar surface area (TPSA) is 70.5 Å². The third-order valence-corrected chi connectivity index (χ3v) is 2.32. The number of ketones is 1. The van der Waals surface area contributed by atoms with Crippen LogP contribution in [0.2, 0.25) is 0 Å². The second-order valence-electron chi connectivity index (χ2n) is 4.13. The maximum absolute atomic E-state index is 11.5. The molecule has 6 nitrogen and oxygen atoms in total. The van der Waals surface area contributed by atoms with Crippen LogP contribution >= 0.6 is 0 Å². The van der Waals surface area contributed by atoms with E-state index in [1.807, 2.05) is 13.8 Å². The summed E-state index contributed by atoms with van der Waals surface area (Å²) in [6.07, 6.45) is -0.582. The van der Waals surface area contributed by atoms with Crippen LogP contribution in [0.5, 0.6) is 17.8 Å². The molecule has 1 rings (SSSR count). The summed E-state index contributed by atoms with van der Waals surface area (Å²) in [5, 5.41) is 0. The van der Waals surface area contributed by atoms with Gasteiger partial charge in [0.05, 0.1) is 20.3 Å². The summed E-state index contributed by atoms with van der Waals surface area (Å²) in [4.78, 5) is 19.5. The molecule has 0 aliphatic heterocycles. The second-order valence-corrected chi connectivity index (χ2v) is 4.13. The Bertz CT molecular complexity index is 398. The van der Waals surface area contributed by atoms with Crippen LogP contribution in [0, 0.1) is 5.92 Å². The zero-order valence-electron chi connectivity index (χ0n) is 11.3. The predicted molar refractivity (Wildman–Crippen MR) is 65.1 cm³/mol. The largest absolute Gasteiger partial charge is 0.481 e. The molecule has 0 aliphatic carbocycles. The summed E-state index contributed by atoms with van der Waals surface area (Å²) in [6.45, 7) is 5.26. The summed E-state index contributed by atoms with van der Waals surface area (Å²) in [5.74, 6) is 0.601. The Kier molecular flexibility index (Phi) is 4.88. The van der Waals surface area contributed by atoms with Crippen molar-refractivity contribution >= 4 is 5.78 Å². The van der Waals surface area contributed by atoms with Gasteiger partial charge in [0.2, 0.25) is 11.8 Å². The Morgan fingerprint density at radius 2 is 1.67 bits per heavy atom. The standard InChI is InChI=1S/C12H18N2O4/c1-7(2)11(8(3)15)18-12-13-9(16-4)6-10(14-12)17-5/h6-7,11H,1-5H3. The van der Waals surface area contributed by atoms with E-state index in [-0.39, 0.29) is 17.7 Å². The van der Waals surface area contributed by atoms with Gasteiger partial charge < -0.3 is 14.2 Å². The van der Waals surface area contributed by atoms with Gasteiger partial charge in [-0.1, -0.05) is 13.8 Å². The van der Waals surface area contributed by atoms with E-state index in [4.69, 9.17) is 14.2 Å². The number of nitrogens with zero attached hydrogens (tertiary/aromatic N) is 2. The molecular weight excluding hydrogens is 236 g/mol. The highest BCUT2D eigenvalue weighted by atomic mass is 16.5. The van der Waals surface area contributed by atoms with Gasteiger partial charge in [0.1, 0.15) is 0 Å².